The van der Waals surface area contributed by atoms with Crippen LogP contribution >= 0.6 is 0 Å². The van der Waals surface area contributed by atoms with Crippen LogP contribution in [0.2, 0.25) is 0 Å². The number of halogens is 13. The number of aliphatic hydroxyl groups is 1. The van der Waals surface area contributed by atoms with E-state index in [-0.39, 0.29) is 0 Å². The molecule has 19 heteroatoms. The van der Waals surface area contributed by atoms with Gasteiger partial charge in [0.15, 0.2) is 0 Å². The fourth-order valence-corrected chi connectivity index (χ4v) is 3.29. The van der Waals surface area contributed by atoms with Crippen molar-refractivity contribution in [2.24, 2.45) is 0 Å². The highest BCUT2D eigenvalue weighted by Gasteiger charge is 2.92. The maximum absolute atomic E-state index is 13.9. The van der Waals surface area contributed by atoms with Crippen LogP contribution in [0.3, 0.4) is 0 Å². The van der Waals surface area contributed by atoms with Crippen LogP contribution in [0.5, 0.6) is 0 Å². The molecule has 31 heavy (non-hydrogen) atoms. The summed E-state index contributed by atoms with van der Waals surface area (Å²) in [5.74, 6) is -32.3. The number of nitrogens with zero attached hydrogens (tertiary/aromatic N) is 1. The molecule has 0 aliphatic rings. The molecule has 0 amide bonds. The van der Waals surface area contributed by atoms with Gasteiger partial charge in [0.1, 0.15) is 0 Å². The fraction of sp³-hybridized carbons (Fsp3) is 1.00. The molecule has 0 unspecified atom stereocenters. The third kappa shape index (κ3) is 4.68. The van der Waals surface area contributed by atoms with E-state index < -0.39 is 82.4 Å². The SMILES string of the molecule is CCN(CCOCCO)S(=O)(=O)C(F)(F)C(F)(F)C(F)(F)C(F)(F)C(F)(F)C(F)(F)F. The number of sulfonamides is 1. The highest BCUT2D eigenvalue weighted by atomic mass is 32.2. The summed E-state index contributed by atoms with van der Waals surface area (Å²) in [5.41, 5.74) is 0. The Kier molecular flexibility index (Phi) is 8.73. The summed E-state index contributed by atoms with van der Waals surface area (Å²) < 4.78 is 197. The largest absolute Gasteiger partial charge is 0.460 e. The van der Waals surface area contributed by atoms with Crippen LogP contribution < -0.4 is 0 Å². The van der Waals surface area contributed by atoms with Crippen molar-refractivity contribution in [2.45, 2.75) is 42.0 Å². The van der Waals surface area contributed by atoms with Crippen molar-refractivity contribution in [2.75, 3.05) is 32.9 Å². The van der Waals surface area contributed by atoms with Crippen LogP contribution in [0.15, 0.2) is 0 Å². The van der Waals surface area contributed by atoms with E-state index in [4.69, 9.17) is 5.11 Å². The van der Waals surface area contributed by atoms with Gasteiger partial charge < -0.3 is 9.84 Å². The first-order chi connectivity index (χ1) is 13.5. The molecule has 1 N–H and O–H groups in total. The smallest absolute Gasteiger partial charge is 0.394 e. The maximum Gasteiger partial charge on any atom is 0.460 e. The molecule has 0 rings (SSSR count). The zero-order valence-corrected chi connectivity index (χ0v) is 15.8. The Morgan fingerprint density at radius 2 is 1.16 bits per heavy atom. The zero-order valence-electron chi connectivity index (χ0n) is 15.0. The lowest BCUT2D eigenvalue weighted by Gasteiger charge is -2.40. The minimum atomic E-state index is -8.21. The lowest BCUT2D eigenvalue weighted by molar-refractivity contribution is -0.433. The summed E-state index contributed by atoms with van der Waals surface area (Å²) in [4.78, 5) is 0. The summed E-state index contributed by atoms with van der Waals surface area (Å²) in [5, 5.41) is 1.13. The molecular formula is C12H14F13NO4S. The number of rotatable bonds is 12. The zero-order chi connectivity index (χ0) is 25.3. The molecular weight excluding hydrogens is 501 g/mol. The molecule has 0 heterocycles. The van der Waals surface area contributed by atoms with Crippen molar-refractivity contribution in [1.82, 2.24) is 4.31 Å². The second-order valence-electron chi connectivity index (χ2n) is 5.64. The van der Waals surface area contributed by atoms with E-state index >= 15 is 0 Å². The quantitative estimate of drug-likeness (QED) is 0.320. The molecule has 0 fully saturated rings. The average molecular weight is 515 g/mol. The van der Waals surface area contributed by atoms with Crippen molar-refractivity contribution in [1.29, 1.82) is 0 Å². The molecule has 0 aromatic carbocycles. The van der Waals surface area contributed by atoms with Gasteiger partial charge in [-0.15, -0.1) is 0 Å². The van der Waals surface area contributed by atoms with Gasteiger partial charge in [0, 0.05) is 13.1 Å². The van der Waals surface area contributed by atoms with Gasteiger partial charge in [0.25, 0.3) is 10.0 Å². The lowest BCUT2D eigenvalue weighted by Crippen LogP contribution is -2.71. The second kappa shape index (κ2) is 9.05. The van der Waals surface area contributed by atoms with E-state index in [1.807, 2.05) is 0 Å². The van der Waals surface area contributed by atoms with Crippen molar-refractivity contribution >= 4 is 10.0 Å². The third-order valence-electron chi connectivity index (χ3n) is 3.64. The van der Waals surface area contributed by atoms with Crippen LogP contribution in [0.4, 0.5) is 57.1 Å². The first kappa shape index (κ1) is 29.9. The van der Waals surface area contributed by atoms with E-state index in [1.54, 1.807) is 0 Å². The number of alkyl halides is 13. The van der Waals surface area contributed by atoms with Crippen LogP contribution in [0, 0.1) is 0 Å². The Balaban J connectivity index is 6.37. The Labute approximate surface area is 165 Å². The van der Waals surface area contributed by atoms with Gasteiger partial charge >= 0.3 is 35.1 Å². The van der Waals surface area contributed by atoms with E-state index in [9.17, 15) is 65.5 Å². The Bertz CT molecular complexity index is 708. The van der Waals surface area contributed by atoms with Gasteiger partial charge in [0.05, 0.1) is 19.8 Å². The fourth-order valence-electron chi connectivity index (χ4n) is 1.86. The molecule has 0 saturated carbocycles. The minimum absolute atomic E-state index is 0.527. The van der Waals surface area contributed by atoms with Gasteiger partial charge in [-0.3, -0.25) is 0 Å². The summed E-state index contributed by atoms with van der Waals surface area (Å²) in [6, 6.07) is 0. The van der Waals surface area contributed by atoms with Gasteiger partial charge in [-0.25, -0.2) is 8.42 Å². The topological polar surface area (TPSA) is 66.8 Å². The summed E-state index contributed by atoms with van der Waals surface area (Å²) in [6.07, 6.45) is -7.59. The number of hydrogen-bond donors (Lipinski definition) is 1. The molecule has 0 spiro atoms. The first-order valence-corrected chi connectivity index (χ1v) is 9.10. The standard InChI is InChI=1S/C12H14F13NO4S/c1-2-26(3-5-30-6-4-27)31(28,29)12(24,25)10(19,20)8(15,16)7(13,14)9(17,18)11(21,22)23/h27H,2-6H2,1H3. The average Bonchev–Trinajstić information content (AvgIpc) is 2.59. The molecule has 0 aliphatic heterocycles. The van der Waals surface area contributed by atoms with Gasteiger partial charge in [-0.05, 0) is 0 Å². The highest BCUT2D eigenvalue weighted by molar-refractivity contribution is 7.90. The Morgan fingerprint density at radius 1 is 0.742 bits per heavy atom. The summed E-state index contributed by atoms with van der Waals surface area (Å²) >= 11 is 0. The number of aliphatic hydroxyl groups excluding tert-OH is 1. The van der Waals surface area contributed by atoms with Gasteiger partial charge in [-0.2, -0.15) is 61.4 Å². The highest BCUT2D eigenvalue weighted by Crippen LogP contribution is 2.61. The molecule has 0 bridgehead atoms. The molecule has 0 saturated heterocycles. The molecule has 0 aromatic rings. The second-order valence-corrected chi connectivity index (χ2v) is 7.62. The first-order valence-electron chi connectivity index (χ1n) is 7.66. The van der Waals surface area contributed by atoms with Crippen molar-refractivity contribution < 1.29 is 75.3 Å². The van der Waals surface area contributed by atoms with Crippen LogP contribution in [-0.4, -0.2) is 85.9 Å². The molecule has 0 atom stereocenters. The van der Waals surface area contributed by atoms with Crippen molar-refractivity contribution in [3.63, 3.8) is 0 Å². The summed E-state index contributed by atoms with van der Waals surface area (Å²) in [6.45, 7) is -3.90. The maximum atomic E-state index is 13.9. The van der Waals surface area contributed by atoms with E-state index in [0.717, 1.165) is 0 Å². The van der Waals surface area contributed by atoms with E-state index in [1.165, 1.54) is 0 Å². The predicted octanol–water partition coefficient (Wildman–Crippen LogP) is 3.34. The van der Waals surface area contributed by atoms with Crippen LogP contribution in [0.1, 0.15) is 6.92 Å². The monoisotopic (exact) mass is 515 g/mol. The number of ether oxygens (including phenoxy) is 1. The Morgan fingerprint density at radius 3 is 1.52 bits per heavy atom. The molecule has 5 nitrogen and oxygen atoms in total. The predicted molar refractivity (Wildman–Crippen MR) is 74.9 cm³/mol. The molecule has 0 radical (unpaired) electrons. The van der Waals surface area contributed by atoms with E-state index in [2.05, 4.69) is 4.74 Å². The molecule has 188 valence electrons. The summed E-state index contributed by atoms with van der Waals surface area (Å²) in [7, 11) is -7.05. The van der Waals surface area contributed by atoms with Crippen molar-refractivity contribution in [3.05, 3.63) is 0 Å². The van der Waals surface area contributed by atoms with Gasteiger partial charge in [0.2, 0.25) is 0 Å². The Hall–Kier alpha value is -1.08. The molecule has 0 aliphatic carbocycles. The number of likely N-dealkylation sites (N-methyl/N-ethyl adjacent to an activating group) is 1. The van der Waals surface area contributed by atoms with Crippen LogP contribution in [-0.2, 0) is 14.8 Å². The van der Waals surface area contributed by atoms with Gasteiger partial charge in [-0.1, -0.05) is 6.92 Å². The molecule has 0 aromatic heterocycles. The third-order valence-corrected chi connectivity index (χ3v) is 5.67. The minimum Gasteiger partial charge on any atom is -0.394 e. The van der Waals surface area contributed by atoms with Crippen molar-refractivity contribution in [3.8, 4) is 0 Å². The lowest BCUT2D eigenvalue weighted by atomic mass is 9.98. The normalized spacial score (nSPS) is 15.6. The van der Waals surface area contributed by atoms with Crippen LogP contribution in [0.25, 0.3) is 0 Å². The van der Waals surface area contributed by atoms with E-state index in [0.29, 0.717) is 6.92 Å². The number of hydrogen-bond acceptors (Lipinski definition) is 4.